The lowest BCUT2D eigenvalue weighted by atomic mass is 9.83. The Morgan fingerprint density at radius 1 is 1.15 bits per heavy atom. The summed E-state index contributed by atoms with van der Waals surface area (Å²) in [5.74, 6) is -0.980. The lowest BCUT2D eigenvalue weighted by molar-refractivity contribution is -0.144. The minimum atomic E-state index is -0.901. The number of likely N-dealkylation sites (tertiary alicyclic amines) is 1. The maximum absolute atomic E-state index is 13.7. The van der Waals surface area contributed by atoms with E-state index < -0.39 is 11.9 Å². The Morgan fingerprint density at radius 3 is 2.62 bits per heavy atom. The van der Waals surface area contributed by atoms with Gasteiger partial charge in [0.2, 0.25) is 12.7 Å². The van der Waals surface area contributed by atoms with E-state index in [0.717, 1.165) is 31.4 Å². The normalized spacial score (nSPS) is 20.4. The molecule has 0 aliphatic carbocycles. The molecule has 1 amide bonds. The molecule has 1 saturated heterocycles. The summed E-state index contributed by atoms with van der Waals surface area (Å²) in [5, 5.41) is 24.7. The zero-order valence-corrected chi connectivity index (χ0v) is 23.9. The number of aromatic nitrogens is 2. The molecule has 0 radical (unpaired) electrons. The van der Waals surface area contributed by atoms with Crippen LogP contribution in [-0.2, 0) is 22.7 Å². The average molecular weight is 558 g/mol. The van der Waals surface area contributed by atoms with Crippen LogP contribution in [0.1, 0.15) is 49.7 Å². The highest BCUT2D eigenvalue weighted by Crippen LogP contribution is 2.44. The van der Waals surface area contributed by atoms with E-state index in [0.29, 0.717) is 49.7 Å². The molecular weight excluding hydrogens is 514 g/mol. The van der Waals surface area contributed by atoms with Crippen LogP contribution in [0.25, 0.3) is 0 Å². The largest absolute Gasteiger partial charge is 0.481 e. The van der Waals surface area contributed by atoms with Gasteiger partial charge >= 0.3 is 5.97 Å². The fourth-order valence-electron chi connectivity index (χ4n) is 5.89. The Labute approximate surface area is 236 Å². The van der Waals surface area contributed by atoms with Crippen molar-refractivity contribution in [2.24, 2.45) is 5.92 Å². The van der Waals surface area contributed by atoms with Crippen LogP contribution in [0.5, 0.6) is 11.5 Å². The Hall–Kier alpha value is -3.15. The van der Waals surface area contributed by atoms with Gasteiger partial charge in [0, 0.05) is 56.1 Å². The Balaban J connectivity index is 1.60. The summed E-state index contributed by atoms with van der Waals surface area (Å²) >= 11 is 0. The predicted octanol–water partition coefficient (Wildman–Crippen LogP) is 2.24. The molecule has 0 saturated carbocycles. The highest BCUT2D eigenvalue weighted by Gasteiger charge is 2.47. The Bertz CT molecular complexity index is 1120. The maximum atomic E-state index is 13.7. The molecule has 1 fully saturated rings. The first-order valence-corrected chi connectivity index (χ1v) is 14.2. The minimum absolute atomic E-state index is 0.0304. The van der Waals surface area contributed by atoms with Crippen molar-refractivity contribution in [1.82, 2.24) is 24.5 Å². The first kappa shape index (κ1) is 29.8. The number of aliphatic carboxylic acids is 1. The molecule has 3 heterocycles. The summed E-state index contributed by atoms with van der Waals surface area (Å²) in [7, 11) is 4.05. The third-order valence-electron chi connectivity index (χ3n) is 7.92. The van der Waals surface area contributed by atoms with E-state index >= 15 is 0 Å². The third kappa shape index (κ3) is 7.13. The molecule has 2 aromatic rings. The first-order chi connectivity index (χ1) is 19.3. The predicted molar refractivity (Wildman–Crippen MR) is 149 cm³/mol. The number of amides is 1. The average Bonchev–Trinajstić information content (AvgIpc) is 3.68. The lowest BCUT2D eigenvalue weighted by Crippen LogP contribution is -2.45. The number of nitrogens with zero attached hydrogens (tertiary/aromatic N) is 5. The van der Waals surface area contributed by atoms with Gasteiger partial charge in [0.05, 0.1) is 19.1 Å². The number of carbonyl (C=O) groups excluding carboxylic acids is 1. The molecule has 4 rings (SSSR count). The van der Waals surface area contributed by atoms with Crippen molar-refractivity contribution in [2.75, 3.05) is 53.6 Å². The van der Waals surface area contributed by atoms with Gasteiger partial charge in [-0.3, -0.25) is 19.2 Å². The van der Waals surface area contributed by atoms with Gasteiger partial charge in [-0.1, -0.05) is 13.3 Å². The van der Waals surface area contributed by atoms with Crippen LogP contribution in [0.15, 0.2) is 30.6 Å². The number of ether oxygens (including phenoxy) is 2. The molecule has 2 N–H and O–H groups in total. The molecule has 1 aromatic carbocycles. The van der Waals surface area contributed by atoms with E-state index in [1.807, 2.05) is 48.3 Å². The van der Waals surface area contributed by atoms with Crippen LogP contribution in [0.4, 0.5) is 0 Å². The summed E-state index contributed by atoms with van der Waals surface area (Å²) in [5.41, 5.74) is 1.34. The second kappa shape index (κ2) is 14.0. The van der Waals surface area contributed by atoms with E-state index in [2.05, 4.69) is 16.9 Å². The van der Waals surface area contributed by atoms with Gasteiger partial charge in [-0.25, -0.2) is 0 Å². The second-order valence-corrected chi connectivity index (χ2v) is 11.0. The Morgan fingerprint density at radius 2 is 1.95 bits per heavy atom. The monoisotopic (exact) mass is 557 g/mol. The molecule has 2 aliphatic heterocycles. The highest BCUT2D eigenvalue weighted by atomic mass is 16.7. The zero-order chi connectivity index (χ0) is 28.6. The van der Waals surface area contributed by atoms with E-state index in [9.17, 15) is 19.8 Å². The fourth-order valence-corrected chi connectivity index (χ4v) is 5.89. The number of hydrogen-bond acceptors (Lipinski definition) is 8. The molecule has 3 atom stereocenters. The number of rotatable bonds is 15. The van der Waals surface area contributed by atoms with Gasteiger partial charge in [-0.2, -0.15) is 5.10 Å². The number of benzene rings is 1. The quantitative estimate of drug-likeness (QED) is 0.340. The molecule has 0 bridgehead atoms. The number of carboxylic acids is 1. The summed E-state index contributed by atoms with van der Waals surface area (Å²) in [6, 6.07) is 5.12. The summed E-state index contributed by atoms with van der Waals surface area (Å²) in [4.78, 5) is 32.6. The molecule has 2 aliphatic rings. The molecule has 0 spiro atoms. The van der Waals surface area contributed by atoms with Crippen molar-refractivity contribution >= 4 is 11.9 Å². The van der Waals surface area contributed by atoms with Crippen LogP contribution >= 0.6 is 0 Å². The number of aliphatic hydroxyl groups excluding tert-OH is 1. The number of carbonyl (C=O) groups is 2. The summed E-state index contributed by atoms with van der Waals surface area (Å²) < 4.78 is 12.9. The fraction of sp³-hybridized carbons (Fsp3) is 0.621. The molecular formula is C29H43N5O6. The first-order valence-electron chi connectivity index (χ1n) is 14.2. The van der Waals surface area contributed by atoms with Crippen molar-refractivity contribution in [3.05, 3.63) is 41.7 Å². The summed E-state index contributed by atoms with van der Waals surface area (Å²) in [6.07, 6.45) is 6.91. The highest BCUT2D eigenvalue weighted by molar-refractivity contribution is 5.79. The number of carboxylic acid groups (broad SMARTS) is 1. The molecule has 11 nitrogen and oxygen atoms in total. The molecule has 40 heavy (non-hydrogen) atoms. The summed E-state index contributed by atoms with van der Waals surface area (Å²) in [6.45, 7) is 5.32. The third-order valence-corrected chi connectivity index (χ3v) is 7.92. The van der Waals surface area contributed by atoms with Crippen molar-refractivity contribution in [2.45, 2.75) is 57.7 Å². The topological polar surface area (TPSA) is 121 Å². The van der Waals surface area contributed by atoms with Gasteiger partial charge in [-0.05, 0) is 63.7 Å². The molecule has 1 aromatic heterocycles. The number of fused-ring (bicyclic) bond motifs is 1. The molecule has 220 valence electrons. The Kier molecular flexibility index (Phi) is 10.4. The number of aryl methyl sites for hydroxylation is 1. The van der Waals surface area contributed by atoms with Crippen LogP contribution in [0.2, 0.25) is 0 Å². The maximum Gasteiger partial charge on any atom is 0.308 e. The smallest absolute Gasteiger partial charge is 0.308 e. The van der Waals surface area contributed by atoms with Crippen LogP contribution in [0, 0.1) is 5.92 Å². The van der Waals surface area contributed by atoms with Gasteiger partial charge in [-0.15, -0.1) is 0 Å². The molecule has 0 unspecified atom stereocenters. The van der Waals surface area contributed by atoms with Crippen LogP contribution in [0.3, 0.4) is 0 Å². The van der Waals surface area contributed by atoms with E-state index in [-0.39, 0.29) is 37.8 Å². The zero-order valence-electron chi connectivity index (χ0n) is 23.9. The number of unbranched alkanes of at least 4 members (excludes halogenated alkanes) is 1. The lowest BCUT2D eigenvalue weighted by Gasteiger charge is -2.30. The van der Waals surface area contributed by atoms with Crippen LogP contribution < -0.4 is 9.47 Å². The number of aliphatic hydroxyl groups is 1. The number of hydrogen-bond donors (Lipinski definition) is 2. The minimum Gasteiger partial charge on any atom is -0.481 e. The van der Waals surface area contributed by atoms with Gasteiger partial charge in [0.1, 0.15) is 0 Å². The SMILES string of the molecule is CCCCN(CCCN(C)C)C(=O)CN1C[C@H](c2cc(CO)c3c(c2)OCO3)[C@@H](C(=O)O)[C@@H]1CCn1cccn1. The van der Waals surface area contributed by atoms with Crippen LogP contribution in [-0.4, -0.2) is 106 Å². The van der Waals surface area contributed by atoms with Gasteiger partial charge < -0.3 is 29.5 Å². The van der Waals surface area contributed by atoms with E-state index in [1.165, 1.54) is 0 Å². The van der Waals surface area contributed by atoms with Crippen molar-refractivity contribution in [3.8, 4) is 11.5 Å². The van der Waals surface area contributed by atoms with E-state index in [1.54, 1.807) is 10.9 Å². The van der Waals surface area contributed by atoms with E-state index in [4.69, 9.17) is 9.47 Å². The van der Waals surface area contributed by atoms with Crippen molar-refractivity contribution < 1.29 is 29.3 Å². The molecule has 11 heteroatoms. The van der Waals surface area contributed by atoms with Crippen molar-refractivity contribution in [3.63, 3.8) is 0 Å². The second-order valence-electron chi connectivity index (χ2n) is 11.0. The van der Waals surface area contributed by atoms with Gasteiger partial charge in [0.15, 0.2) is 11.5 Å². The van der Waals surface area contributed by atoms with Gasteiger partial charge in [0.25, 0.3) is 0 Å². The van der Waals surface area contributed by atoms with Crippen molar-refractivity contribution in [1.29, 1.82) is 0 Å². The standard InChI is InChI=1S/C29H43N5O6/c1-4-5-11-32(12-7-10-31(2)3)26(36)18-33-17-23(21-15-22(19-35)28-25(16-21)39-20-40-28)27(29(37)38)24(33)8-14-34-13-6-9-30-34/h6,9,13,15-16,23-24,27,35H,4-5,7-8,10-12,14,17-20H2,1-3H3,(H,37,38)/t23-,24+,27-/m1/s1.